The summed E-state index contributed by atoms with van der Waals surface area (Å²) in [5, 5.41) is 0.473. The summed E-state index contributed by atoms with van der Waals surface area (Å²) in [5.41, 5.74) is 2.73. The molecule has 32 heavy (non-hydrogen) atoms. The van der Waals surface area contributed by atoms with Gasteiger partial charge >= 0.3 is 0 Å². The molecule has 0 spiro atoms. The number of carbonyl (C=O) groups is 2. The van der Waals surface area contributed by atoms with E-state index in [9.17, 15) is 9.59 Å². The number of hydrogen-bond acceptors (Lipinski definition) is 5. The highest BCUT2D eigenvalue weighted by atomic mass is 35.5. The standard InChI is InChI=1S/C24H19Cl2NO4S/c1-14-6-7-15(2)20(12-14)30-11-10-27-23(28)21(32-24(27)29)13-16-8-9-19(31-16)17-4-3-5-18(25)22(17)26/h3-9,12-13H,10-11H2,1-2H3/b21-13-. The lowest BCUT2D eigenvalue weighted by molar-refractivity contribution is -0.123. The SMILES string of the molecule is Cc1ccc(C)c(OCCN2C(=O)S/C(=C\c3ccc(-c4cccc(Cl)c4Cl)o3)C2=O)c1. The van der Waals surface area contributed by atoms with Gasteiger partial charge in [-0.2, -0.15) is 0 Å². The molecule has 8 heteroatoms. The number of hydrogen-bond donors (Lipinski definition) is 0. The van der Waals surface area contributed by atoms with E-state index >= 15 is 0 Å². The van der Waals surface area contributed by atoms with Crippen LogP contribution >= 0.6 is 35.0 Å². The lowest BCUT2D eigenvalue weighted by Gasteiger charge is -2.14. The van der Waals surface area contributed by atoms with Crippen molar-refractivity contribution in [2.75, 3.05) is 13.2 Å². The molecular formula is C24H19Cl2NO4S. The Morgan fingerprint density at radius 1 is 1.09 bits per heavy atom. The number of halogens is 2. The number of imide groups is 1. The summed E-state index contributed by atoms with van der Waals surface area (Å²) in [6, 6.07) is 14.6. The van der Waals surface area contributed by atoms with E-state index in [-0.39, 0.29) is 24.3 Å². The number of carbonyl (C=O) groups excluding carboxylic acids is 2. The molecule has 0 bridgehead atoms. The molecule has 2 aromatic carbocycles. The van der Waals surface area contributed by atoms with E-state index < -0.39 is 0 Å². The molecule has 0 saturated carbocycles. The minimum absolute atomic E-state index is 0.164. The highest BCUT2D eigenvalue weighted by molar-refractivity contribution is 8.18. The van der Waals surface area contributed by atoms with Crippen molar-refractivity contribution in [3.8, 4) is 17.1 Å². The Bertz CT molecular complexity index is 1230. The van der Waals surface area contributed by atoms with Crippen LogP contribution in [-0.4, -0.2) is 29.2 Å². The molecular weight excluding hydrogens is 469 g/mol. The lowest BCUT2D eigenvalue weighted by atomic mass is 10.1. The van der Waals surface area contributed by atoms with Crippen molar-refractivity contribution in [3.63, 3.8) is 0 Å². The summed E-state index contributed by atoms with van der Waals surface area (Å²) < 4.78 is 11.6. The number of thioether (sulfide) groups is 1. The number of furan rings is 1. The third-order valence-corrected chi connectivity index (χ3v) is 6.63. The Morgan fingerprint density at radius 3 is 2.72 bits per heavy atom. The zero-order valence-electron chi connectivity index (χ0n) is 17.4. The van der Waals surface area contributed by atoms with E-state index in [1.165, 1.54) is 4.90 Å². The van der Waals surface area contributed by atoms with Crippen molar-refractivity contribution >= 4 is 52.2 Å². The fourth-order valence-corrected chi connectivity index (χ4v) is 4.44. The van der Waals surface area contributed by atoms with E-state index in [1.54, 1.807) is 36.4 Å². The summed E-state index contributed by atoms with van der Waals surface area (Å²) in [4.78, 5) is 26.6. The van der Waals surface area contributed by atoms with Crippen molar-refractivity contribution in [1.82, 2.24) is 4.90 Å². The molecule has 0 aliphatic carbocycles. The maximum Gasteiger partial charge on any atom is 0.293 e. The minimum atomic E-state index is -0.372. The number of ether oxygens (including phenoxy) is 1. The van der Waals surface area contributed by atoms with Gasteiger partial charge in [0.25, 0.3) is 11.1 Å². The molecule has 4 rings (SSSR count). The molecule has 2 amide bonds. The van der Waals surface area contributed by atoms with Crippen LogP contribution in [0.5, 0.6) is 5.75 Å². The van der Waals surface area contributed by atoms with E-state index in [2.05, 4.69) is 0 Å². The summed E-state index contributed by atoms with van der Waals surface area (Å²) in [6.45, 7) is 4.31. The van der Waals surface area contributed by atoms with Crippen LogP contribution in [0.15, 0.2) is 57.9 Å². The summed E-state index contributed by atoms with van der Waals surface area (Å²) >= 11 is 13.2. The average Bonchev–Trinajstić information content (AvgIpc) is 3.32. The maximum absolute atomic E-state index is 12.7. The van der Waals surface area contributed by atoms with E-state index in [0.29, 0.717) is 32.0 Å². The summed E-state index contributed by atoms with van der Waals surface area (Å²) in [5.74, 6) is 1.33. The van der Waals surface area contributed by atoms with Crippen LogP contribution in [-0.2, 0) is 4.79 Å². The molecule has 1 fully saturated rings. The molecule has 5 nitrogen and oxygen atoms in total. The number of nitrogens with zero attached hydrogens (tertiary/aromatic N) is 1. The first-order valence-corrected chi connectivity index (χ1v) is 11.4. The van der Waals surface area contributed by atoms with Gasteiger partial charge < -0.3 is 9.15 Å². The van der Waals surface area contributed by atoms with Crippen LogP contribution in [0.1, 0.15) is 16.9 Å². The second kappa shape index (κ2) is 9.45. The van der Waals surface area contributed by atoms with Gasteiger partial charge in [0.1, 0.15) is 23.9 Å². The first kappa shape index (κ1) is 22.5. The van der Waals surface area contributed by atoms with Crippen LogP contribution in [0.3, 0.4) is 0 Å². The van der Waals surface area contributed by atoms with Crippen molar-refractivity contribution in [2.45, 2.75) is 13.8 Å². The van der Waals surface area contributed by atoms with Gasteiger partial charge in [-0.25, -0.2) is 0 Å². The third kappa shape index (κ3) is 4.72. The van der Waals surface area contributed by atoms with Crippen molar-refractivity contribution in [3.05, 3.63) is 80.4 Å². The smallest absolute Gasteiger partial charge is 0.293 e. The Morgan fingerprint density at radius 2 is 1.91 bits per heavy atom. The first-order chi connectivity index (χ1) is 15.3. The molecule has 3 aromatic rings. The molecule has 0 atom stereocenters. The van der Waals surface area contributed by atoms with Crippen LogP contribution in [0.4, 0.5) is 4.79 Å². The van der Waals surface area contributed by atoms with Crippen molar-refractivity contribution < 1.29 is 18.7 Å². The Labute approximate surface area is 199 Å². The predicted molar refractivity (Wildman–Crippen MR) is 128 cm³/mol. The molecule has 0 N–H and O–H groups in total. The van der Waals surface area contributed by atoms with Gasteiger partial charge in [0.05, 0.1) is 21.5 Å². The van der Waals surface area contributed by atoms with E-state index in [0.717, 1.165) is 28.6 Å². The Hall–Kier alpha value is -2.67. The van der Waals surface area contributed by atoms with Gasteiger partial charge in [-0.15, -0.1) is 0 Å². The molecule has 1 aromatic heterocycles. The molecule has 0 radical (unpaired) electrons. The second-order valence-corrected chi connectivity index (χ2v) is 9.03. The van der Waals surface area contributed by atoms with Gasteiger partial charge in [-0.05, 0) is 67.1 Å². The summed E-state index contributed by atoms with van der Waals surface area (Å²) in [6.07, 6.45) is 1.55. The quantitative estimate of drug-likeness (QED) is 0.350. The molecule has 1 aliphatic heterocycles. The molecule has 164 valence electrons. The van der Waals surface area contributed by atoms with Crippen LogP contribution in [0.25, 0.3) is 17.4 Å². The lowest BCUT2D eigenvalue weighted by Crippen LogP contribution is -2.32. The molecule has 1 saturated heterocycles. The van der Waals surface area contributed by atoms with Crippen LogP contribution < -0.4 is 4.74 Å². The topological polar surface area (TPSA) is 59.8 Å². The van der Waals surface area contributed by atoms with Gasteiger partial charge in [0.2, 0.25) is 0 Å². The van der Waals surface area contributed by atoms with E-state index in [4.69, 9.17) is 32.4 Å². The van der Waals surface area contributed by atoms with Crippen LogP contribution in [0.2, 0.25) is 10.0 Å². The molecule has 0 unspecified atom stereocenters. The number of benzene rings is 2. The molecule has 1 aliphatic rings. The fourth-order valence-electron chi connectivity index (χ4n) is 3.20. The zero-order chi connectivity index (χ0) is 22.8. The van der Waals surface area contributed by atoms with Crippen molar-refractivity contribution in [2.24, 2.45) is 0 Å². The number of rotatable bonds is 6. The first-order valence-electron chi connectivity index (χ1n) is 9.83. The Kier molecular flexibility index (Phi) is 6.65. The normalized spacial score (nSPS) is 15.1. The van der Waals surface area contributed by atoms with Gasteiger partial charge in [-0.1, -0.05) is 41.4 Å². The van der Waals surface area contributed by atoms with E-state index in [1.807, 2.05) is 32.0 Å². The highest BCUT2D eigenvalue weighted by Crippen LogP contribution is 2.36. The third-order valence-electron chi connectivity index (χ3n) is 4.91. The fraction of sp³-hybridized carbons (Fsp3) is 0.167. The van der Waals surface area contributed by atoms with Gasteiger partial charge in [0.15, 0.2) is 0 Å². The number of aryl methyl sites for hydroxylation is 2. The second-order valence-electron chi connectivity index (χ2n) is 7.25. The van der Waals surface area contributed by atoms with Crippen LogP contribution in [0, 0.1) is 13.8 Å². The summed E-state index contributed by atoms with van der Waals surface area (Å²) in [7, 11) is 0. The maximum atomic E-state index is 12.7. The monoisotopic (exact) mass is 487 g/mol. The average molecular weight is 488 g/mol. The predicted octanol–water partition coefficient (Wildman–Crippen LogP) is 6.99. The molecule has 2 heterocycles. The minimum Gasteiger partial charge on any atom is -0.491 e. The zero-order valence-corrected chi connectivity index (χ0v) is 19.7. The van der Waals surface area contributed by atoms with Gasteiger partial charge in [-0.3, -0.25) is 14.5 Å². The van der Waals surface area contributed by atoms with Gasteiger partial charge in [0, 0.05) is 11.6 Å². The van der Waals surface area contributed by atoms with Crippen molar-refractivity contribution in [1.29, 1.82) is 0 Å². The number of amides is 2. The Balaban J connectivity index is 1.44. The highest BCUT2D eigenvalue weighted by Gasteiger charge is 2.35. The largest absolute Gasteiger partial charge is 0.491 e.